The normalized spacial score (nSPS) is 12.7. The summed E-state index contributed by atoms with van der Waals surface area (Å²) in [6, 6.07) is 0. The summed E-state index contributed by atoms with van der Waals surface area (Å²) in [5.41, 5.74) is -0.208. The van der Waals surface area contributed by atoms with Crippen molar-refractivity contribution < 1.29 is 25.9 Å². The molecule has 0 aliphatic carbocycles. The quantitative estimate of drug-likeness (QED) is 0.629. The van der Waals surface area contributed by atoms with Gasteiger partial charge in [0, 0.05) is 0 Å². The van der Waals surface area contributed by atoms with Crippen LogP contribution in [0.1, 0.15) is 13.8 Å². The molecule has 0 atom stereocenters. The molecular formula is C4H8O6S2. The molecule has 0 rings (SSSR count). The SMILES string of the molecule is CC(C)=C(S(=O)(=O)O)S(=O)(=O)O. The second-order valence-corrected chi connectivity index (χ2v) is 5.21. The topological polar surface area (TPSA) is 109 Å². The van der Waals surface area contributed by atoms with Gasteiger partial charge < -0.3 is 0 Å². The lowest BCUT2D eigenvalue weighted by molar-refractivity contribution is 0.479. The van der Waals surface area contributed by atoms with Gasteiger partial charge in [-0.15, -0.1) is 0 Å². The highest BCUT2D eigenvalue weighted by molar-refractivity contribution is 8.09. The van der Waals surface area contributed by atoms with E-state index in [4.69, 9.17) is 9.11 Å². The number of hydrogen-bond donors (Lipinski definition) is 2. The predicted octanol–water partition coefficient (Wildman–Crippen LogP) is 0.0134. The zero-order chi connectivity index (χ0) is 10.2. The Morgan fingerprint density at radius 1 is 0.917 bits per heavy atom. The third-order valence-electron chi connectivity index (χ3n) is 0.877. The van der Waals surface area contributed by atoms with Gasteiger partial charge in [0.2, 0.25) is 4.24 Å². The summed E-state index contributed by atoms with van der Waals surface area (Å²) in [5.74, 6) is 0. The second kappa shape index (κ2) is 3.13. The molecule has 2 N–H and O–H groups in total. The van der Waals surface area contributed by atoms with E-state index in [2.05, 4.69) is 0 Å². The first-order valence-electron chi connectivity index (χ1n) is 2.69. The van der Waals surface area contributed by atoms with Gasteiger partial charge in [0.05, 0.1) is 0 Å². The van der Waals surface area contributed by atoms with E-state index in [1.54, 1.807) is 0 Å². The first-order valence-corrected chi connectivity index (χ1v) is 5.57. The van der Waals surface area contributed by atoms with Crippen LogP contribution in [0, 0.1) is 0 Å². The molecular weight excluding hydrogens is 208 g/mol. The van der Waals surface area contributed by atoms with Crippen LogP contribution >= 0.6 is 0 Å². The minimum absolute atomic E-state index is 0.208. The smallest absolute Gasteiger partial charge is 0.281 e. The van der Waals surface area contributed by atoms with Crippen LogP contribution in [0.2, 0.25) is 0 Å². The maximum Gasteiger partial charge on any atom is 0.308 e. The monoisotopic (exact) mass is 216 g/mol. The van der Waals surface area contributed by atoms with E-state index in [1.807, 2.05) is 0 Å². The van der Waals surface area contributed by atoms with E-state index < -0.39 is 24.5 Å². The number of hydrogen-bond acceptors (Lipinski definition) is 4. The molecule has 0 bridgehead atoms. The third-order valence-corrected chi connectivity index (χ3v) is 3.89. The molecule has 12 heavy (non-hydrogen) atoms. The van der Waals surface area contributed by atoms with E-state index in [1.165, 1.54) is 0 Å². The lowest BCUT2D eigenvalue weighted by Gasteiger charge is -2.00. The molecule has 0 saturated carbocycles. The van der Waals surface area contributed by atoms with Crippen LogP contribution in [0.4, 0.5) is 0 Å². The number of allylic oxidation sites excluding steroid dienone is 1. The molecule has 8 heteroatoms. The van der Waals surface area contributed by atoms with E-state index >= 15 is 0 Å². The maximum absolute atomic E-state index is 10.4. The molecule has 0 amide bonds. The standard InChI is InChI=1S/C4H8O6S2/c1-3(2)4(11(5,6)7)12(8,9)10/h1-2H3,(H,5,6,7)(H,8,9,10). The summed E-state index contributed by atoms with van der Waals surface area (Å²) < 4.78 is 56.9. The molecule has 6 nitrogen and oxygen atoms in total. The lowest BCUT2D eigenvalue weighted by Crippen LogP contribution is -2.13. The van der Waals surface area contributed by atoms with Gasteiger partial charge in [-0.25, -0.2) is 0 Å². The van der Waals surface area contributed by atoms with Crippen LogP contribution < -0.4 is 0 Å². The van der Waals surface area contributed by atoms with Gasteiger partial charge in [-0.05, 0) is 19.4 Å². The van der Waals surface area contributed by atoms with Crippen molar-refractivity contribution in [1.29, 1.82) is 0 Å². The van der Waals surface area contributed by atoms with Crippen LogP contribution in [0.3, 0.4) is 0 Å². The molecule has 0 saturated heterocycles. The number of rotatable bonds is 2. The van der Waals surface area contributed by atoms with Gasteiger partial charge in [-0.3, -0.25) is 9.11 Å². The summed E-state index contributed by atoms with van der Waals surface area (Å²) >= 11 is 0. The Morgan fingerprint density at radius 3 is 1.17 bits per heavy atom. The molecule has 0 heterocycles. The first-order chi connectivity index (χ1) is 5.07. The molecule has 0 aromatic carbocycles. The fraction of sp³-hybridized carbons (Fsp3) is 0.500. The van der Waals surface area contributed by atoms with E-state index in [-0.39, 0.29) is 5.57 Å². The zero-order valence-corrected chi connectivity index (χ0v) is 7.98. The van der Waals surface area contributed by atoms with E-state index in [9.17, 15) is 16.8 Å². The molecule has 0 spiro atoms. The van der Waals surface area contributed by atoms with Crippen LogP contribution in [0.15, 0.2) is 9.81 Å². The van der Waals surface area contributed by atoms with Crippen LogP contribution in [-0.4, -0.2) is 25.9 Å². The molecule has 72 valence electrons. The van der Waals surface area contributed by atoms with Crippen molar-refractivity contribution in [1.82, 2.24) is 0 Å². The lowest BCUT2D eigenvalue weighted by atomic mass is 10.4. The Bertz CT molecular complexity index is 359. The summed E-state index contributed by atoms with van der Waals surface area (Å²) in [5, 5.41) is 0. The second-order valence-electron chi connectivity index (χ2n) is 2.24. The Morgan fingerprint density at radius 2 is 1.17 bits per heavy atom. The predicted molar refractivity (Wildman–Crippen MR) is 41.5 cm³/mol. The van der Waals surface area contributed by atoms with Gasteiger partial charge in [-0.2, -0.15) is 16.8 Å². The van der Waals surface area contributed by atoms with Crippen LogP contribution in [0.5, 0.6) is 0 Å². The Kier molecular flexibility index (Phi) is 3.02. The van der Waals surface area contributed by atoms with Crippen molar-refractivity contribution in [2.45, 2.75) is 13.8 Å². The van der Waals surface area contributed by atoms with Gasteiger partial charge in [-0.1, -0.05) is 0 Å². The molecule has 0 aliphatic rings. The summed E-state index contributed by atoms with van der Waals surface area (Å²) in [6.45, 7) is 2.27. The zero-order valence-electron chi connectivity index (χ0n) is 6.34. The molecule has 0 fully saturated rings. The maximum atomic E-state index is 10.4. The Balaban J connectivity index is 5.80. The molecule has 0 unspecified atom stereocenters. The average Bonchev–Trinajstić information content (AvgIpc) is 1.49. The summed E-state index contributed by atoms with van der Waals surface area (Å²) in [6.07, 6.45) is 0. The van der Waals surface area contributed by atoms with Crippen LogP contribution in [0.25, 0.3) is 0 Å². The van der Waals surface area contributed by atoms with Crippen molar-refractivity contribution in [3.05, 3.63) is 9.81 Å². The van der Waals surface area contributed by atoms with Gasteiger partial charge >= 0.3 is 20.2 Å². The highest BCUT2D eigenvalue weighted by atomic mass is 32.3. The third kappa shape index (κ3) is 2.89. The minimum atomic E-state index is -4.88. The van der Waals surface area contributed by atoms with Crippen molar-refractivity contribution in [3.8, 4) is 0 Å². The first kappa shape index (κ1) is 11.6. The van der Waals surface area contributed by atoms with Crippen molar-refractivity contribution in [3.63, 3.8) is 0 Å². The minimum Gasteiger partial charge on any atom is -0.281 e. The average molecular weight is 216 g/mol. The van der Waals surface area contributed by atoms with Gasteiger partial charge in [0.25, 0.3) is 0 Å². The van der Waals surface area contributed by atoms with Crippen molar-refractivity contribution in [2.75, 3.05) is 0 Å². The molecule has 0 aliphatic heterocycles. The molecule has 0 aromatic rings. The fourth-order valence-corrected chi connectivity index (χ4v) is 2.75. The van der Waals surface area contributed by atoms with E-state index in [0.717, 1.165) is 13.8 Å². The Hall–Kier alpha value is -0.440. The largest absolute Gasteiger partial charge is 0.308 e. The highest BCUT2D eigenvalue weighted by Crippen LogP contribution is 2.16. The fourth-order valence-electron chi connectivity index (χ4n) is 0.649. The van der Waals surface area contributed by atoms with Gasteiger partial charge in [0.15, 0.2) is 0 Å². The van der Waals surface area contributed by atoms with E-state index in [0.29, 0.717) is 0 Å². The van der Waals surface area contributed by atoms with Crippen LogP contribution in [-0.2, 0) is 20.2 Å². The highest BCUT2D eigenvalue weighted by Gasteiger charge is 2.28. The molecule has 0 aromatic heterocycles. The summed E-state index contributed by atoms with van der Waals surface area (Å²) in [7, 11) is -9.76. The van der Waals surface area contributed by atoms with Crippen molar-refractivity contribution >= 4 is 20.2 Å². The van der Waals surface area contributed by atoms with Crippen molar-refractivity contribution in [2.24, 2.45) is 0 Å². The Labute approximate surface area is 70.4 Å². The molecule has 0 radical (unpaired) electrons. The summed E-state index contributed by atoms with van der Waals surface area (Å²) in [4.78, 5) is 0. The van der Waals surface area contributed by atoms with Gasteiger partial charge in [0.1, 0.15) is 0 Å².